The Hall–Kier alpha value is -2.65. The van der Waals surface area contributed by atoms with Gasteiger partial charge in [-0.1, -0.05) is 37.2 Å². The zero-order chi connectivity index (χ0) is 23.4. The second-order valence-corrected chi connectivity index (χ2v) is 9.79. The van der Waals surface area contributed by atoms with Gasteiger partial charge in [0.25, 0.3) is 5.56 Å². The molecule has 33 heavy (non-hydrogen) atoms. The minimum absolute atomic E-state index is 0.0367. The molecule has 1 aromatic carbocycles. The molecule has 0 bridgehead atoms. The molecular weight excluding hydrogens is 460 g/mol. The van der Waals surface area contributed by atoms with Gasteiger partial charge in [-0.05, 0) is 30.5 Å². The predicted molar refractivity (Wildman–Crippen MR) is 132 cm³/mol. The third kappa shape index (κ3) is 5.65. The Kier molecular flexibility index (Phi) is 7.49. The molecule has 0 atom stereocenters. The van der Waals surface area contributed by atoms with Crippen LogP contribution >= 0.6 is 23.4 Å². The van der Waals surface area contributed by atoms with Crippen molar-refractivity contribution in [2.75, 3.05) is 36.8 Å². The van der Waals surface area contributed by atoms with E-state index >= 15 is 0 Å². The largest absolute Gasteiger partial charge is 0.352 e. The van der Waals surface area contributed by atoms with Gasteiger partial charge in [-0.2, -0.15) is 0 Å². The number of anilines is 1. The monoisotopic (exact) mass is 486 g/mol. The van der Waals surface area contributed by atoms with Crippen molar-refractivity contribution in [1.82, 2.24) is 24.4 Å². The first-order valence-electron chi connectivity index (χ1n) is 11.0. The standard InChI is InChI=1S/C23H27ClN6O2S/c1-16(2)5-8-30-22(32)18-4-3-17(24)13-19(18)27-23(30)33-15-21(31)29-11-9-28(10-12-29)20-14-25-6-7-26-20/h3-4,6-7,13-14,16H,5,8-12,15H2,1-2H3. The number of carbonyl (C=O) groups excluding carboxylic acids is 1. The lowest BCUT2D eigenvalue weighted by Gasteiger charge is -2.35. The van der Waals surface area contributed by atoms with Gasteiger partial charge in [-0.3, -0.25) is 19.1 Å². The number of aromatic nitrogens is 4. The Morgan fingerprint density at radius 2 is 1.97 bits per heavy atom. The van der Waals surface area contributed by atoms with Crippen molar-refractivity contribution in [3.63, 3.8) is 0 Å². The number of halogens is 1. The summed E-state index contributed by atoms with van der Waals surface area (Å²) in [6.07, 6.45) is 5.91. The smallest absolute Gasteiger partial charge is 0.262 e. The van der Waals surface area contributed by atoms with Crippen LogP contribution in [0, 0.1) is 5.92 Å². The molecule has 0 radical (unpaired) electrons. The summed E-state index contributed by atoms with van der Waals surface area (Å²) >= 11 is 7.44. The molecule has 0 unspecified atom stereocenters. The number of thioether (sulfide) groups is 1. The van der Waals surface area contributed by atoms with E-state index in [0.29, 0.717) is 59.7 Å². The first-order valence-corrected chi connectivity index (χ1v) is 12.4. The molecule has 174 valence electrons. The fourth-order valence-electron chi connectivity index (χ4n) is 3.73. The topological polar surface area (TPSA) is 84.2 Å². The first kappa shape index (κ1) is 23.5. The summed E-state index contributed by atoms with van der Waals surface area (Å²) < 4.78 is 1.69. The molecule has 0 spiro atoms. The number of benzene rings is 1. The number of piperazine rings is 1. The van der Waals surface area contributed by atoms with E-state index in [1.165, 1.54) is 11.8 Å². The summed E-state index contributed by atoms with van der Waals surface area (Å²) in [4.78, 5) is 43.2. The van der Waals surface area contributed by atoms with E-state index in [9.17, 15) is 9.59 Å². The quantitative estimate of drug-likeness (QED) is 0.374. The first-order chi connectivity index (χ1) is 15.9. The number of fused-ring (bicyclic) bond motifs is 1. The highest BCUT2D eigenvalue weighted by Gasteiger charge is 2.23. The Morgan fingerprint density at radius 3 is 2.67 bits per heavy atom. The summed E-state index contributed by atoms with van der Waals surface area (Å²) in [6, 6.07) is 5.12. The highest BCUT2D eigenvalue weighted by molar-refractivity contribution is 7.99. The van der Waals surface area contributed by atoms with Gasteiger partial charge in [-0.15, -0.1) is 0 Å². The molecule has 3 heterocycles. The normalized spacial score (nSPS) is 14.3. The second-order valence-electron chi connectivity index (χ2n) is 8.42. The molecule has 0 aliphatic carbocycles. The Labute approximate surface area is 202 Å². The SMILES string of the molecule is CC(C)CCn1c(SCC(=O)N2CCN(c3cnccn3)CC2)nc2cc(Cl)ccc2c1=O. The van der Waals surface area contributed by atoms with Gasteiger partial charge in [0.2, 0.25) is 5.91 Å². The molecular formula is C23H27ClN6O2S. The van der Waals surface area contributed by atoms with E-state index in [4.69, 9.17) is 16.6 Å². The highest BCUT2D eigenvalue weighted by Crippen LogP contribution is 2.22. The van der Waals surface area contributed by atoms with Crippen LogP contribution in [0.3, 0.4) is 0 Å². The van der Waals surface area contributed by atoms with Gasteiger partial charge in [0.05, 0.1) is 22.9 Å². The van der Waals surface area contributed by atoms with Crippen molar-refractivity contribution in [3.05, 3.63) is 52.2 Å². The highest BCUT2D eigenvalue weighted by atomic mass is 35.5. The molecule has 1 saturated heterocycles. The summed E-state index contributed by atoms with van der Waals surface area (Å²) in [5.41, 5.74) is 0.464. The van der Waals surface area contributed by atoms with Crippen molar-refractivity contribution < 1.29 is 4.79 Å². The van der Waals surface area contributed by atoms with Gasteiger partial charge in [-0.25, -0.2) is 9.97 Å². The van der Waals surface area contributed by atoms with Crippen molar-refractivity contribution >= 4 is 46.0 Å². The van der Waals surface area contributed by atoms with E-state index in [2.05, 4.69) is 28.7 Å². The molecule has 4 rings (SSSR count). The molecule has 1 aliphatic rings. The van der Waals surface area contributed by atoms with Gasteiger partial charge < -0.3 is 9.80 Å². The summed E-state index contributed by atoms with van der Waals surface area (Å²) in [5.74, 6) is 1.54. The van der Waals surface area contributed by atoms with Crippen molar-refractivity contribution in [3.8, 4) is 0 Å². The summed E-state index contributed by atoms with van der Waals surface area (Å²) in [6.45, 7) is 7.47. The predicted octanol–water partition coefficient (Wildman–Crippen LogP) is 3.33. The van der Waals surface area contributed by atoms with Crippen LogP contribution in [-0.4, -0.2) is 62.3 Å². The fourth-order valence-corrected chi connectivity index (χ4v) is 4.82. The maximum Gasteiger partial charge on any atom is 0.262 e. The van der Waals surface area contributed by atoms with E-state index in [1.54, 1.807) is 41.4 Å². The second kappa shape index (κ2) is 10.5. The number of rotatable bonds is 7. The molecule has 3 aromatic rings. The minimum atomic E-state index is -0.0927. The number of carbonyl (C=O) groups is 1. The van der Waals surface area contributed by atoms with E-state index in [1.807, 2.05) is 4.90 Å². The van der Waals surface area contributed by atoms with E-state index in [0.717, 1.165) is 12.2 Å². The minimum Gasteiger partial charge on any atom is -0.352 e. The van der Waals surface area contributed by atoms with Crippen LogP contribution < -0.4 is 10.5 Å². The van der Waals surface area contributed by atoms with Crippen LogP contribution in [0.2, 0.25) is 5.02 Å². The van der Waals surface area contributed by atoms with Crippen LogP contribution in [-0.2, 0) is 11.3 Å². The van der Waals surface area contributed by atoms with E-state index < -0.39 is 0 Å². The summed E-state index contributed by atoms with van der Waals surface area (Å²) in [5, 5.41) is 1.63. The van der Waals surface area contributed by atoms with Crippen LogP contribution in [0.1, 0.15) is 20.3 Å². The zero-order valence-electron chi connectivity index (χ0n) is 18.8. The lowest BCUT2D eigenvalue weighted by atomic mass is 10.1. The number of nitrogens with zero attached hydrogens (tertiary/aromatic N) is 6. The van der Waals surface area contributed by atoms with Crippen LogP contribution in [0.25, 0.3) is 10.9 Å². The van der Waals surface area contributed by atoms with Crippen molar-refractivity contribution in [2.45, 2.75) is 32.0 Å². The van der Waals surface area contributed by atoms with Gasteiger partial charge in [0.1, 0.15) is 5.82 Å². The average Bonchev–Trinajstić information content (AvgIpc) is 2.82. The third-order valence-electron chi connectivity index (χ3n) is 5.64. The van der Waals surface area contributed by atoms with Crippen molar-refractivity contribution in [1.29, 1.82) is 0 Å². The zero-order valence-corrected chi connectivity index (χ0v) is 20.3. The maximum atomic E-state index is 13.1. The summed E-state index contributed by atoms with van der Waals surface area (Å²) in [7, 11) is 0. The third-order valence-corrected chi connectivity index (χ3v) is 6.84. The molecule has 0 N–H and O–H groups in total. The average molecular weight is 487 g/mol. The Morgan fingerprint density at radius 1 is 1.18 bits per heavy atom. The van der Waals surface area contributed by atoms with Gasteiger partial charge >= 0.3 is 0 Å². The number of hydrogen-bond donors (Lipinski definition) is 0. The fraction of sp³-hybridized carbons (Fsp3) is 0.435. The Balaban J connectivity index is 1.46. The number of hydrogen-bond acceptors (Lipinski definition) is 7. The van der Waals surface area contributed by atoms with Crippen molar-refractivity contribution in [2.24, 2.45) is 5.92 Å². The van der Waals surface area contributed by atoms with E-state index in [-0.39, 0.29) is 17.2 Å². The molecule has 1 amide bonds. The lowest BCUT2D eigenvalue weighted by molar-refractivity contribution is -0.128. The lowest BCUT2D eigenvalue weighted by Crippen LogP contribution is -2.49. The molecule has 2 aromatic heterocycles. The van der Waals surface area contributed by atoms with Gasteiger partial charge in [0, 0.05) is 50.1 Å². The maximum absolute atomic E-state index is 13.1. The Bertz CT molecular complexity index is 1180. The molecule has 8 nitrogen and oxygen atoms in total. The number of amides is 1. The molecule has 0 saturated carbocycles. The van der Waals surface area contributed by atoms with Crippen LogP contribution in [0.15, 0.2) is 46.7 Å². The van der Waals surface area contributed by atoms with Crippen LogP contribution in [0.5, 0.6) is 0 Å². The van der Waals surface area contributed by atoms with Gasteiger partial charge in [0.15, 0.2) is 5.16 Å². The molecule has 1 aliphatic heterocycles. The molecule has 1 fully saturated rings. The van der Waals surface area contributed by atoms with Crippen LogP contribution in [0.4, 0.5) is 5.82 Å². The molecule has 10 heteroatoms.